The monoisotopic (exact) mass is 400 g/mol. The SMILES string of the molecule is CN1C(=O)C=C[C@@]2(C)C1CC[C@@H]1[C@H]2CC[C@]2(C)C(C(=O)NCC(C)(C)C)CC[C@@H]12. The highest BCUT2D eigenvalue weighted by molar-refractivity contribution is 5.89. The van der Waals surface area contributed by atoms with Gasteiger partial charge in [0.05, 0.1) is 0 Å². The molecule has 3 fully saturated rings. The van der Waals surface area contributed by atoms with Crippen LogP contribution < -0.4 is 5.32 Å². The maximum Gasteiger partial charge on any atom is 0.246 e. The van der Waals surface area contributed by atoms with E-state index in [1.807, 2.05) is 18.0 Å². The van der Waals surface area contributed by atoms with Crippen molar-refractivity contribution in [2.24, 2.45) is 39.9 Å². The highest BCUT2D eigenvalue weighted by Gasteiger charge is 2.61. The van der Waals surface area contributed by atoms with Crippen LogP contribution in [0.4, 0.5) is 0 Å². The summed E-state index contributed by atoms with van der Waals surface area (Å²) < 4.78 is 0. The minimum Gasteiger partial charge on any atom is -0.355 e. The van der Waals surface area contributed by atoms with Gasteiger partial charge in [-0.05, 0) is 73.2 Å². The molecule has 7 atom stereocenters. The molecule has 2 unspecified atom stereocenters. The molecule has 0 saturated heterocycles. The molecular weight excluding hydrogens is 360 g/mol. The number of likely N-dealkylation sites (N-methyl/N-ethyl adjacent to an activating group) is 1. The molecule has 0 radical (unpaired) electrons. The van der Waals surface area contributed by atoms with E-state index in [1.165, 1.54) is 19.3 Å². The third-order valence-corrected chi connectivity index (χ3v) is 9.24. The van der Waals surface area contributed by atoms with Crippen LogP contribution in [0.15, 0.2) is 12.2 Å². The molecule has 3 saturated carbocycles. The van der Waals surface area contributed by atoms with Crippen LogP contribution in [0.3, 0.4) is 0 Å². The van der Waals surface area contributed by atoms with E-state index >= 15 is 0 Å². The van der Waals surface area contributed by atoms with Gasteiger partial charge < -0.3 is 10.2 Å². The Morgan fingerprint density at radius 2 is 1.86 bits per heavy atom. The summed E-state index contributed by atoms with van der Waals surface area (Å²) in [4.78, 5) is 27.3. The summed E-state index contributed by atoms with van der Waals surface area (Å²) >= 11 is 0. The van der Waals surface area contributed by atoms with Gasteiger partial charge in [-0.25, -0.2) is 0 Å². The van der Waals surface area contributed by atoms with Crippen molar-refractivity contribution >= 4 is 11.8 Å². The summed E-state index contributed by atoms with van der Waals surface area (Å²) in [5.41, 5.74) is 0.335. The average molecular weight is 401 g/mol. The second kappa shape index (κ2) is 6.85. The minimum atomic E-state index is 0.0828. The van der Waals surface area contributed by atoms with Crippen molar-refractivity contribution in [3.8, 4) is 0 Å². The predicted octanol–water partition coefficient (Wildman–Crippen LogP) is 4.40. The summed E-state index contributed by atoms with van der Waals surface area (Å²) in [7, 11) is 1.98. The highest BCUT2D eigenvalue weighted by Crippen LogP contribution is 2.65. The number of nitrogens with one attached hydrogen (secondary N) is 1. The molecular formula is C25H40N2O2. The molecule has 2 amide bonds. The minimum absolute atomic E-state index is 0.0828. The van der Waals surface area contributed by atoms with Crippen LogP contribution in [0.1, 0.15) is 73.1 Å². The van der Waals surface area contributed by atoms with E-state index in [-0.39, 0.29) is 34.0 Å². The van der Waals surface area contributed by atoms with Crippen LogP contribution in [0.5, 0.6) is 0 Å². The quantitative estimate of drug-likeness (QED) is 0.747. The molecule has 4 aliphatic rings. The number of hydrogen-bond donors (Lipinski definition) is 1. The van der Waals surface area contributed by atoms with Crippen molar-refractivity contribution in [3.63, 3.8) is 0 Å². The van der Waals surface area contributed by atoms with Crippen molar-refractivity contribution in [2.45, 2.75) is 79.2 Å². The standard InChI is InChI=1S/C25H40N2O2/c1-23(2,3)15-26-22(29)19-9-8-17-16-7-10-20-25(5,14-12-21(28)27(20)6)18(16)11-13-24(17,19)4/h12,14,16-20H,7-11,13,15H2,1-6H3,(H,26,29)/t16-,17-,18+,19?,20?,24-,25+/m0/s1. The molecule has 162 valence electrons. The first kappa shape index (κ1) is 20.9. The van der Waals surface area contributed by atoms with Gasteiger partial charge in [-0.1, -0.05) is 40.7 Å². The topological polar surface area (TPSA) is 49.4 Å². The Bertz CT molecular complexity index is 723. The number of carbonyl (C=O) groups is 2. The van der Waals surface area contributed by atoms with E-state index in [1.54, 1.807) is 0 Å². The Kier molecular flexibility index (Phi) is 4.94. The lowest BCUT2D eigenvalue weighted by molar-refractivity contribution is -0.142. The Morgan fingerprint density at radius 1 is 1.14 bits per heavy atom. The first-order valence-electron chi connectivity index (χ1n) is 11.7. The maximum atomic E-state index is 13.1. The van der Waals surface area contributed by atoms with Gasteiger partial charge in [0.2, 0.25) is 11.8 Å². The van der Waals surface area contributed by atoms with Crippen molar-refractivity contribution in [1.82, 2.24) is 10.2 Å². The third kappa shape index (κ3) is 3.25. The van der Waals surface area contributed by atoms with Gasteiger partial charge in [-0.15, -0.1) is 0 Å². The molecule has 4 heteroatoms. The molecule has 0 aromatic carbocycles. The average Bonchev–Trinajstić information content (AvgIpc) is 3.00. The van der Waals surface area contributed by atoms with Gasteiger partial charge in [-0.3, -0.25) is 9.59 Å². The van der Waals surface area contributed by atoms with Gasteiger partial charge in [0, 0.05) is 31.0 Å². The number of hydrogen-bond acceptors (Lipinski definition) is 2. The van der Waals surface area contributed by atoms with Crippen molar-refractivity contribution in [1.29, 1.82) is 0 Å². The first-order valence-corrected chi connectivity index (χ1v) is 11.7. The van der Waals surface area contributed by atoms with Gasteiger partial charge in [0.1, 0.15) is 0 Å². The molecule has 3 aliphatic carbocycles. The fourth-order valence-corrected chi connectivity index (χ4v) is 7.64. The molecule has 4 rings (SSSR count). The van der Waals surface area contributed by atoms with Crippen LogP contribution in [-0.2, 0) is 9.59 Å². The summed E-state index contributed by atoms with van der Waals surface area (Å²) in [5, 5.41) is 3.26. The van der Waals surface area contributed by atoms with Gasteiger partial charge in [-0.2, -0.15) is 0 Å². The number of nitrogens with zero attached hydrogens (tertiary/aromatic N) is 1. The predicted molar refractivity (Wildman–Crippen MR) is 116 cm³/mol. The fraction of sp³-hybridized carbons (Fsp3) is 0.840. The highest BCUT2D eigenvalue weighted by atomic mass is 16.2. The van der Waals surface area contributed by atoms with Crippen LogP contribution in [0, 0.1) is 39.9 Å². The smallest absolute Gasteiger partial charge is 0.246 e. The van der Waals surface area contributed by atoms with Crippen LogP contribution >= 0.6 is 0 Å². The van der Waals surface area contributed by atoms with Crippen LogP contribution in [0.2, 0.25) is 0 Å². The second-order valence-electron chi connectivity index (χ2n) is 12.1. The zero-order valence-corrected chi connectivity index (χ0v) is 19.3. The van der Waals surface area contributed by atoms with E-state index in [2.05, 4.69) is 46.0 Å². The number of fused-ring (bicyclic) bond motifs is 5. The molecule has 29 heavy (non-hydrogen) atoms. The normalized spacial score (nSPS) is 44.1. The number of carbonyl (C=O) groups excluding carboxylic acids is 2. The molecule has 0 spiro atoms. The van der Waals surface area contributed by atoms with Crippen LogP contribution in [0.25, 0.3) is 0 Å². The summed E-state index contributed by atoms with van der Waals surface area (Å²) in [5.74, 6) is 2.55. The van der Waals surface area contributed by atoms with Gasteiger partial charge in [0.15, 0.2) is 0 Å². The molecule has 0 aromatic heterocycles. The Morgan fingerprint density at radius 3 is 2.55 bits per heavy atom. The summed E-state index contributed by atoms with van der Waals surface area (Å²) in [6, 6.07) is 0.331. The molecule has 0 bridgehead atoms. The van der Waals surface area contributed by atoms with Crippen molar-refractivity contribution < 1.29 is 9.59 Å². The van der Waals surface area contributed by atoms with Crippen molar-refractivity contribution in [3.05, 3.63) is 12.2 Å². The lowest BCUT2D eigenvalue weighted by Gasteiger charge is -2.60. The summed E-state index contributed by atoms with van der Waals surface area (Å²) in [6.07, 6.45) is 10.9. The lowest BCUT2D eigenvalue weighted by atomic mass is 9.47. The molecule has 4 nitrogen and oxygen atoms in total. The van der Waals surface area contributed by atoms with E-state index in [0.29, 0.717) is 23.8 Å². The van der Waals surface area contributed by atoms with Gasteiger partial charge >= 0.3 is 0 Å². The molecule has 1 N–H and O–H groups in total. The molecule has 1 aliphatic heterocycles. The van der Waals surface area contributed by atoms with E-state index in [0.717, 1.165) is 25.8 Å². The molecule has 1 heterocycles. The number of amides is 2. The van der Waals surface area contributed by atoms with Crippen LogP contribution in [-0.4, -0.2) is 36.3 Å². The fourth-order valence-electron chi connectivity index (χ4n) is 7.64. The Balaban J connectivity index is 1.54. The first-order chi connectivity index (χ1) is 13.5. The molecule has 0 aromatic rings. The van der Waals surface area contributed by atoms with E-state index in [4.69, 9.17) is 0 Å². The van der Waals surface area contributed by atoms with Gasteiger partial charge in [0.25, 0.3) is 0 Å². The second-order valence-corrected chi connectivity index (χ2v) is 12.1. The summed E-state index contributed by atoms with van der Waals surface area (Å²) in [6.45, 7) is 12.1. The zero-order chi connectivity index (χ0) is 21.2. The lowest BCUT2D eigenvalue weighted by Crippen LogP contribution is -2.60. The maximum absolute atomic E-state index is 13.1. The van der Waals surface area contributed by atoms with E-state index < -0.39 is 0 Å². The van der Waals surface area contributed by atoms with Crippen molar-refractivity contribution in [2.75, 3.05) is 13.6 Å². The number of rotatable bonds is 2. The third-order valence-electron chi connectivity index (χ3n) is 9.24. The zero-order valence-electron chi connectivity index (χ0n) is 19.3. The van der Waals surface area contributed by atoms with E-state index in [9.17, 15) is 9.59 Å². The largest absolute Gasteiger partial charge is 0.355 e. The Labute approximate surface area is 176 Å². The Hall–Kier alpha value is -1.32.